The van der Waals surface area contributed by atoms with Crippen LogP contribution in [0.4, 0.5) is 5.13 Å². The van der Waals surface area contributed by atoms with Crippen LogP contribution in [0.2, 0.25) is 0 Å². The second-order valence-electron chi connectivity index (χ2n) is 7.41. The number of rotatable bonds is 6. The van der Waals surface area contributed by atoms with Gasteiger partial charge >= 0.3 is 5.69 Å². The van der Waals surface area contributed by atoms with Gasteiger partial charge < -0.3 is 14.6 Å². The van der Waals surface area contributed by atoms with E-state index >= 15 is 0 Å². The molecule has 1 saturated heterocycles. The van der Waals surface area contributed by atoms with Crippen LogP contribution >= 0.6 is 11.3 Å². The third-order valence-corrected chi connectivity index (χ3v) is 6.41. The van der Waals surface area contributed by atoms with Crippen LogP contribution in [0.25, 0.3) is 21.8 Å². The Kier molecular flexibility index (Phi) is 5.25. The van der Waals surface area contributed by atoms with E-state index in [1.54, 1.807) is 18.4 Å². The van der Waals surface area contributed by atoms with Crippen molar-refractivity contribution < 1.29 is 9.21 Å². The molecule has 1 aromatic carbocycles. The lowest BCUT2D eigenvalue weighted by molar-refractivity contribution is -0.121. The molecule has 4 heterocycles. The van der Waals surface area contributed by atoms with E-state index in [0.29, 0.717) is 28.3 Å². The van der Waals surface area contributed by atoms with E-state index in [9.17, 15) is 9.59 Å². The van der Waals surface area contributed by atoms with E-state index in [0.717, 1.165) is 36.6 Å². The SMILES string of the molecule is O=C(Cn1c(=O)nc(-c2ccco2)c2nc(N3CCCC3)sc21)NCc1ccccc1. The molecular weight excluding hydrogens is 414 g/mol. The Labute approximate surface area is 182 Å². The highest BCUT2D eigenvalue weighted by Gasteiger charge is 2.23. The Morgan fingerprint density at radius 3 is 2.65 bits per heavy atom. The maximum absolute atomic E-state index is 12.9. The molecule has 31 heavy (non-hydrogen) atoms. The van der Waals surface area contributed by atoms with E-state index in [4.69, 9.17) is 9.40 Å². The fourth-order valence-electron chi connectivity index (χ4n) is 3.70. The van der Waals surface area contributed by atoms with Gasteiger partial charge in [0.05, 0.1) is 6.26 Å². The number of thiazole rings is 1. The van der Waals surface area contributed by atoms with Gasteiger partial charge in [-0.3, -0.25) is 9.36 Å². The highest BCUT2D eigenvalue weighted by molar-refractivity contribution is 7.22. The van der Waals surface area contributed by atoms with E-state index in [2.05, 4.69) is 15.2 Å². The molecule has 0 bridgehead atoms. The van der Waals surface area contributed by atoms with Crippen molar-refractivity contribution in [3.05, 3.63) is 64.8 Å². The molecule has 0 radical (unpaired) electrons. The van der Waals surface area contributed by atoms with Crippen LogP contribution in [-0.4, -0.2) is 33.5 Å². The third-order valence-electron chi connectivity index (χ3n) is 5.27. The first-order valence-electron chi connectivity index (χ1n) is 10.2. The number of nitrogens with zero attached hydrogens (tertiary/aromatic N) is 4. The summed E-state index contributed by atoms with van der Waals surface area (Å²) in [6.07, 6.45) is 3.78. The van der Waals surface area contributed by atoms with E-state index < -0.39 is 5.69 Å². The smallest absolute Gasteiger partial charge is 0.349 e. The van der Waals surface area contributed by atoms with Gasteiger partial charge in [-0.2, -0.15) is 4.98 Å². The lowest BCUT2D eigenvalue weighted by Crippen LogP contribution is -2.33. The fourth-order valence-corrected chi connectivity index (χ4v) is 4.81. The summed E-state index contributed by atoms with van der Waals surface area (Å²) in [7, 11) is 0. The van der Waals surface area contributed by atoms with Gasteiger partial charge in [0.2, 0.25) is 5.91 Å². The number of carbonyl (C=O) groups is 1. The number of benzene rings is 1. The van der Waals surface area contributed by atoms with Crippen molar-refractivity contribution in [2.75, 3.05) is 18.0 Å². The van der Waals surface area contributed by atoms with Gasteiger partial charge in [0.25, 0.3) is 0 Å². The molecule has 1 aliphatic rings. The average molecular weight is 436 g/mol. The quantitative estimate of drug-likeness (QED) is 0.500. The molecule has 1 aliphatic heterocycles. The summed E-state index contributed by atoms with van der Waals surface area (Å²) in [6, 6.07) is 13.2. The number of anilines is 1. The Morgan fingerprint density at radius 2 is 1.90 bits per heavy atom. The zero-order valence-corrected chi connectivity index (χ0v) is 17.6. The predicted octanol–water partition coefficient (Wildman–Crippen LogP) is 3.03. The molecule has 0 atom stereocenters. The zero-order chi connectivity index (χ0) is 21.2. The molecule has 0 saturated carbocycles. The van der Waals surface area contributed by atoms with E-state index in [1.165, 1.54) is 15.9 Å². The first-order chi connectivity index (χ1) is 15.2. The minimum absolute atomic E-state index is 0.116. The Balaban J connectivity index is 1.49. The maximum atomic E-state index is 12.9. The van der Waals surface area contributed by atoms with Crippen LogP contribution in [0.15, 0.2) is 57.9 Å². The Hall–Kier alpha value is -3.46. The number of hydrogen-bond donors (Lipinski definition) is 1. The minimum atomic E-state index is -0.495. The lowest BCUT2D eigenvalue weighted by Gasteiger charge is -2.11. The highest BCUT2D eigenvalue weighted by atomic mass is 32.1. The molecule has 1 N–H and O–H groups in total. The van der Waals surface area contributed by atoms with Crippen molar-refractivity contribution in [1.29, 1.82) is 0 Å². The van der Waals surface area contributed by atoms with Crippen molar-refractivity contribution in [1.82, 2.24) is 19.9 Å². The van der Waals surface area contributed by atoms with Crippen LogP contribution in [0.5, 0.6) is 0 Å². The average Bonchev–Trinajstić information content (AvgIpc) is 3.55. The van der Waals surface area contributed by atoms with Crippen LogP contribution in [0.3, 0.4) is 0 Å². The molecule has 0 aliphatic carbocycles. The molecule has 4 aromatic rings. The number of fused-ring (bicyclic) bond motifs is 1. The molecule has 158 valence electrons. The first-order valence-corrected chi connectivity index (χ1v) is 11.0. The van der Waals surface area contributed by atoms with Crippen molar-refractivity contribution in [3.8, 4) is 11.5 Å². The first kappa shape index (κ1) is 19.5. The summed E-state index contributed by atoms with van der Waals surface area (Å²) < 4.78 is 6.89. The van der Waals surface area contributed by atoms with Gasteiger partial charge in [0.1, 0.15) is 22.6 Å². The Morgan fingerprint density at radius 1 is 1.10 bits per heavy atom. The number of furan rings is 1. The molecule has 9 heteroatoms. The summed E-state index contributed by atoms with van der Waals surface area (Å²) in [5.74, 6) is 0.233. The van der Waals surface area contributed by atoms with E-state index in [1.807, 2.05) is 30.3 Å². The largest absolute Gasteiger partial charge is 0.463 e. The fraction of sp³-hybridized carbons (Fsp3) is 0.273. The predicted molar refractivity (Wildman–Crippen MR) is 119 cm³/mol. The number of nitrogens with one attached hydrogen (secondary N) is 1. The topological polar surface area (TPSA) is 93.3 Å². The third kappa shape index (κ3) is 3.96. The number of carbonyl (C=O) groups excluding carboxylic acids is 1. The van der Waals surface area contributed by atoms with Gasteiger partial charge in [-0.1, -0.05) is 41.7 Å². The van der Waals surface area contributed by atoms with Crippen LogP contribution in [0, 0.1) is 0 Å². The van der Waals surface area contributed by atoms with Crippen molar-refractivity contribution in [3.63, 3.8) is 0 Å². The van der Waals surface area contributed by atoms with Crippen molar-refractivity contribution >= 4 is 32.7 Å². The molecular formula is C22H21N5O3S. The van der Waals surface area contributed by atoms with Gasteiger partial charge in [0.15, 0.2) is 10.9 Å². The molecule has 1 amide bonds. The van der Waals surface area contributed by atoms with Crippen LogP contribution < -0.4 is 15.9 Å². The monoisotopic (exact) mass is 435 g/mol. The second kappa shape index (κ2) is 8.35. The molecule has 1 fully saturated rings. The van der Waals surface area contributed by atoms with Crippen molar-refractivity contribution in [2.45, 2.75) is 25.9 Å². The van der Waals surface area contributed by atoms with Crippen LogP contribution in [-0.2, 0) is 17.9 Å². The molecule has 5 rings (SSSR count). The summed E-state index contributed by atoms with van der Waals surface area (Å²) >= 11 is 1.42. The lowest BCUT2D eigenvalue weighted by atomic mass is 10.2. The maximum Gasteiger partial charge on any atom is 0.349 e. The highest BCUT2D eigenvalue weighted by Crippen LogP contribution is 2.34. The second-order valence-corrected chi connectivity index (χ2v) is 8.37. The summed E-state index contributed by atoms with van der Waals surface area (Å²) in [5.41, 5.74) is 1.49. The number of aromatic nitrogens is 3. The van der Waals surface area contributed by atoms with Crippen molar-refractivity contribution in [2.24, 2.45) is 0 Å². The van der Waals surface area contributed by atoms with Crippen LogP contribution in [0.1, 0.15) is 18.4 Å². The zero-order valence-electron chi connectivity index (χ0n) is 16.8. The number of hydrogen-bond acceptors (Lipinski definition) is 7. The standard InChI is InChI=1S/C22H21N5O3S/c28-17(23-13-15-7-2-1-3-8-15)14-27-20-19(25-22(31-20)26-10-4-5-11-26)18(24-21(27)29)16-9-6-12-30-16/h1-3,6-9,12H,4-5,10-11,13-14H2,(H,23,28). The molecule has 8 nitrogen and oxygen atoms in total. The molecule has 3 aromatic heterocycles. The van der Waals surface area contributed by atoms with Gasteiger partial charge in [-0.15, -0.1) is 0 Å². The van der Waals surface area contributed by atoms with Gasteiger partial charge in [-0.05, 0) is 30.5 Å². The Bertz CT molecular complexity index is 1260. The molecule has 0 unspecified atom stereocenters. The normalized spacial score (nSPS) is 13.7. The van der Waals surface area contributed by atoms with Gasteiger partial charge in [0, 0.05) is 19.6 Å². The summed E-state index contributed by atoms with van der Waals surface area (Å²) in [4.78, 5) is 37.3. The minimum Gasteiger partial charge on any atom is -0.463 e. The molecule has 0 spiro atoms. The summed E-state index contributed by atoms with van der Waals surface area (Å²) in [5, 5.41) is 3.71. The summed E-state index contributed by atoms with van der Waals surface area (Å²) in [6.45, 7) is 2.16. The number of amides is 1. The van der Waals surface area contributed by atoms with E-state index in [-0.39, 0.29) is 12.5 Å². The van der Waals surface area contributed by atoms with Gasteiger partial charge in [-0.25, -0.2) is 9.78 Å².